The Morgan fingerprint density at radius 2 is 2.03 bits per heavy atom. The van der Waals surface area contributed by atoms with Gasteiger partial charge in [0.15, 0.2) is 5.16 Å². The molecule has 0 bridgehead atoms. The largest absolute Gasteiger partial charge is 1.00 e. The first-order valence-corrected chi connectivity index (χ1v) is 10.9. The quantitative estimate of drug-likeness (QED) is 0.315. The zero-order valence-corrected chi connectivity index (χ0v) is 21.3. The van der Waals surface area contributed by atoms with Crippen molar-refractivity contribution in [2.75, 3.05) is 26.6 Å². The van der Waals surface area contributed by atoms with Crippen molar-refractivity contribution in [2.24, 2.45) is 0 Å². The van der Waals surface area contributed by atoms with Crippen molar-refractivity contribution in [3.63, 3.8) is 0 Å². The third kappa shape index (κ3) is 8.35. The van der Waals surface area contributed by atoms with Gasteiger partial charge in [-0.15, -0.1) is 11.6 Å². The molecule has 0 spiro atoms. The van der Waals surface area contributed by atoms with Gasteiger partial charge >= 0.3 is 29.6 Å². The van der Waals surface area contributed by atoms with Gasteiger partial charge in [0.2, 0.25) is 0 Å². The molecule has 9 heteroatoms. The standard InChI is InChI=1S/C12H18NO2.C9H10N2O2S.Na/c1-4-11(3)14-7-8-15-12-5-6-13-9-10(12)2;1-13-6-3-4-7-8(5-6)11-9(10-7)14(2)12;/h5-6,11H,4,7-8H2,1-3H3;3-5H,1-2H3,(H,10,11);/q-1;;+1. The molecule has 2 heterocycles. The number of aryl methyl sites for hydroxylation is 1. The summed E-state index contributed by atoms with van der Waals surface area (Å²) in [6.07, 6.45) is 7.45. The van der Waals surface area contributed by atoms with Crippen molar-refractivity contribution in [3.05, 3.63) is 42.2 Å². The minimum Gasteiger partial charge on any atom is -0.548 e. The van der Waals surface area contributed by atoms with E-state index in [4.69, 9.17) is 14.2 Å². The Kier molecular flexibility index (Phi) is 12.2. The first-order valence-electron chi connectivity index (χ1n) is 9.39. The van der Waals surface area contributed by atoms with Crippen LogP contribution in [-0.2, 0) is 15.5 Å². The van der Waals surface area contributed by atoms with Gasteiger partial charge in [0, 0.05) is 18.1 Å². The average molecular weight is 442 g/mol. The van der Waals surface area contributed by atoms with Crippen LogP contribution in [0.4, 0.5) is 0 Å². The average Bonchev–Trinajstić information content (AvgIpc) is 3.16. The van der Waals surface area contributed by atoms with Crippen LogP contribution in [0.25, 0.3) is 11.0 Å². The van der Waals surface area contributed by atoms with E-state index in [1.165, 1.54) is 0 Å². The van der Waals surface area contributed by atoms with Crippen LogP contribution in [0.3, 0.4) is 0 Å². The SMILES string of the molecule is CCC(C)OCCOc1ccn[c-]c1C.COc1ccc2nc(S(C)=O)[nH]c2c1.[Na+]. The Labute approximate surface area is 202 Å². The number of hydrogen-bond acceptors (Lipinski definition) is 6. The van der Waals surface area contributed by atoms with Crippen molar-refractivity contribution >= 4 is 21.8 Å². The summed E-state index contributed by atoms with van der Waals surface area (Å²) in [4.78, 5) is 11.0. The molecule has 0 saturated heterocycles. The zero-order valence-electron chi connectivity index (χ0n) is 18.5. The summed E-state index contributed by atoms with van der Waals surface area (Å²) in [6.45, 7) is 7.29. The number of nitrogens with zero attached hydrogens (tertiary/aromatic N) is 2. The number of imidazole rings is 1. The molecule has 2 aromatic heterocycles. The molecule has 0 saturated carbocycles. The second-order valence-corrected chi connectivity index (χ2v) is 7.66. The molecule has 0 aliphatic heterocycles. The van der Waals surface area contributed by atoms with Gasteiger partial charge in [-0.05, 0) is 25.5 Å². The molecular formula is C21H28N3NaO4S. The van der Waals surface area contributed by atoms with Gasteiger partial charge in [-0.25, -0.2) is 4.98 Å². The van der Waals surface area contributed by atoms with Crippen LogP contribution < -0.4 is 39.0 Å². The molecule has 0 amide bonds. The van der Waals surface area contributed by atoms with E-state index in [0.717, 1.165) is 34.5 Å². The van der Waals surface area contributed by atoms with Crippen LogP contribution in [0.15, 0.2) is 35.6 Å². The van der Waals surface area contributed by atoms with Crippen LogP contribution in [-0.4, -0.2) is 51.8 Å². The molecule has 7 nitrogen and oxygen atoms in total. The summed E-state index contributed by atoms with van der Waals surface area (Å²) in [5.74, 6) is 1.59. The van der Waals surface area contributed by atoms with E-state index in [1.807, 2.05) is 31.2 Å². The molecule has 0 aliphatic rings. The van der Waals surface area contributed by atoms with E-state index in [-0.39, 0.29) is 29.6 Å². The van der Waals surface area contributed by atoms with Crippen LogP contribution in [0.5, 0.6) is 11.5 Å². The number of ether oxygens (including phenoxy) is 3. The summed E-state index contributed by atoms with van der Waals surface area (Å²) in [7, 11) is 0.530. The maximum atomic E-state index is 11.2. The number of aromatic amines is 1. The summed E-state index contributed by atoms with van der Waals surface area (Å²) in [5.41, 5.74) is 2.58. The Morgan fingerprint density at radius 3 is 2.67 bits per heavy atom. The fourth-order valence-electron chi connectivity index (χ4n) is 2.32. The van der Waals surface area contributed by atoms with Gasteiger partial charge in [-0.1, -0.05) is 26.2 Å². The van der Waals surface area contributed by atoms with Gasteiger partial charge < -0.3 is 24.2 Å². The van der Waals surface area contributed by atoms with E-state index in [2.05, 4.69) is 35.0 Å². The molecule has 158 valence electrons. The number of rotatable bonds is 8. The van der Waals surface area contributed by atoms with E-state index in [0.29, 0.717) is 24.5 Å². The van der Waals surface area contributed by atoms with Crippen LogP contribution in [0.1, 0.15) is 25.8 Å². The Balaban J connectivity index is 0.000000291. The van der Waals surface area contributed by atoms with Gasteiger partial charge in [0.25, 0.3) is 0 Å². The summed E-state index contributed by atoms with van der Waals surface area (Å²) >= 11 is 0. The molecule has 0 radical (unpaired) electrons. The number of H-pyrrole nitrogens is 1. The zero-order chi connectivity index (χ0) is 21.2. The normalized spacial score (nSPS) is 12.3. The topological polar surface area (TPSA) is 86.3 Å². The Bertz CT molecular complexity index is 936. The summed E-state index contributed by atoms with van der Waals surface area (Å²) < 4.78 is 27.3. The fraction of sp³-hybridized carbons (Fsp3) is 0.429. The Hall–Kier alpha value is -1.45. The second kappa shape index (κ2) is 13.8. The third-order valence-corrected chi connectivity index (χ3v) is 4.90. The van der Waals surface area contributed by atoms with Crippen molar-refractivity contribution in [2.45, 2.75) is 38.5 Å². The monoisotopic (exact) mass is 441 g/mol. The van der Waals surface area contributed by atoms with Gasteiger partial charge in [-0.2, -0.15) is 0 Å². The molecule has 3 aromatic rings. The van der Waals surface area contributed by atoms with Crippen molar-refractivity contribution in [1.82, 2.24) is 15.0 Å². The van der Waals surface area contributed by atoms with E-state index in [1.54, 1.807) is 19.6 Å². The van der Waals surface area contributed by atoms with Crippen LogP contribution in [0, 0.1) is 13.1 Å². The van der Waals surface area contributed by atoms with Crippen molar-refractivity contribution < 1.29 is 48.0 Å². The third-order valence-electron chi connectivity index (χ3n) is 4.16. The van der Waals surface area contributed by atoms with E-state index < -0.39 is 10.8 Å². The molecular weight excluding hydrogens is 413 g/mol. The van der Waals surface area contributed by atoms with Gasteiger partial charge in [0.1, 0.15) is 5.75 Å². The first kappa shape index (κ1) is 26.6. The number of nitrogens with one attached hydrogen (secondary N) is 1. The maximum absolute atomic E-state index is 11.2. The van der Waals surface area contributed by atoms with Gasteiger partial charge in [0.05, 0.1) is 48.3 Å². The van der Waals surface area contributed by atoms with E-state index >= 15 is 0 Å². The summed E-state index contributed by atoms with van der Waals surface area (Å²) in [5, 5.41) is 0.494. The smallest absolute Gasteiger partial charge is 0.548 e. The minimum atomic E-state index is -1.08. The molecule has 0 aliphatic carbocycles. The predicted octanol–water partition coefficient (Wildman–Crippen LogP) is 0.697. The number of hydrogen-bond donors (Lipinski definition) is 1. The number of aromatic nitrogens is 3. The van der Waals surface area contributed by atoms with E-state index in [9.17, 15) is 4.21 Å². The predicted molar refractivity (Wildman–Crippen MR) is 114 cm³/mol. The fourth-order valence-corrected chi connectivity index (χ4v) is 2.80. The molecule has 2 unspecified atom stereocenters. The Morgan fingerprint density at radius 1 is 1.27 bits per heavy atom. The van der Waals surface area contributed by atoms with Gasteiger partial charge in [-0.3, -0.25) is 4.21 Å². The molecule has 1 aromatic carbocycles. The second-order valence-electron chi connectivity index (χ2n) is 6.36. The minimum absolute atomic E-state index is 0. The van der Waals surface area contributed by atoms with Crippen LogP contribution in [0.2, 0.25) is 0 Å². The van der Waals surface area contributed by atoms with Crippen molar-refractivity contribution in [3.8, 4) is 11.5 Å². The number of pyridine rings is 1. The molecule has 2 atom stereocenters. The number of benzene rings is 1. The first-order chi connectivity index (χ1) is 13.9. The molecule has 3 rings (SSSR count). The van der Waals surface area contributed by atoms with Crippen LogP contribution >= 0.6 is 0 Å². The van der Waals surface area contributed by atoms with Crippen molar-refractivity contribution in [1.29, 1.82) is 0 Å². The molecule has 1 N–H and O–H groups in total. The maximum Gasteiger partial charge on any atom is 1.00 e. The number of fused-ring (bicyclic) bond motifs is 1. The number of methoxy groups -OCH3 is 1. The molecule has 0 fully saturated rings. The molecule has 30 heavy (non-hydrogen) atoms. The summed E-state index contributed by atoms with van der Waals surface area (Å²) in [6, 6.07) is 7.33.